The molecule has 0 aliphatic rings. The maximum absolute atomic E-state index is 10.3. The average molecular weight is 347 g/mol. The second kappa shape index (κ2) is 9.30. The summed E-state index contributed by atoms with van der Waals surface area (Å²) in [7, 11) is 1.63. The summed E-state index contributed by atoms with van der Waals surface area (Å²) >= 11 is 1.75. The van der Waals surface area contributed by atoms with Gasteiger partial charge in [-0.1, -0.05) is 12.1 Å². The predicted molar refractivity (Wildman–Crippen MR) is 99.8 cm³/mol. The van der Waals surface area contributed by atoms with E-state index in [1.807, 2.05) is 31.2 Å². The van der Waals surface area contributed by atoms with Gasteiger partial charge in [0, 0.05) is 22.8 Å². The third kappa shape index (κ3) is 5.54. The van der Waals surface area contributed by atoms with E-state index in [2.05, 4.69) is 34.7 Å². The number of aliphatic hydroxyl groups excluding tert-OH is 1. The topological polar surface area (TPSA) is 65.9 Å². The highest BCUT2D eigenvalue weighted by atomic mass is 32.1. The number of rotatable bonds is 7. The van der Waals surface area contributed by atoms with Crippen molar-refractivity contribution in [1.82, 2.24) is 10.6 Å². The van der Waals surface area contributed by atoms with Gasteiger partial charge < -0.3 is 20.5 Å². The molecule has 2 aromatic rings. The van der Waals surface area contributed by atoms with Crippen LogP contribution in [0.25, 0.3) is 0 Å². The number of aliphatic imine (C=N–C) groups is 1. The molecule has 1 unspecified atom stereocenters. The molecule has 0 spiro atoms. The van der Waals surface area contributed by atoms with Crippen LogP contribution in [0.5, 0.6) is 5.75 Å². The van der Waals surface area contributed by atoms with Crippen LogP contribution in [0, 0.1) is 6.92 Å². The van der Waals surface area contributed by atoms with Crippen molar-refractivity contribution in [2.45, 2.75) is 26.5 Å². The van der Waals surface area contributed by atoms with Gasteiger partial charge >= 0.3 is 0 Å². The molecule has 0 amide bonds. The van der Waals surface area contributed by atoms with E-state index in [9.17, 15) is 5.11 Å². The van der Waals surface area contributed by atoms with E-state index in [1.54, 1.807) is 18.4 Å². The summed E-state index contributed by atoms with van der Waals surface area (Å²) in [5.41, 5.74) is 0.841. The minimum Gasteiger partial charge on any atom is -0.497 e. The molecule has 2 rings (SSSR count). The molecule has 1 heterocycles. The van der Waals surface area contributed by atoms with Crippen LogP contribution >= 0.6 is 11.3 Å². The Hall–Kier alpha value is -2.05. The van der Waals surface area contributed by atoms with E-state index in [-0.39, 0.29) is 0 Å². The lowest BCUT2D eigenvalue weighted by molar-refractivity contribution is 0.180. The van der Waals surface area contributed by atoms with Crippen LogP contribution in [0.2, 0.25) is 0 Å². The van der Waals surface area contributed by atoms with Gasteiger partial charge in [0.25, 0.3) is 0 Å². The minimum absolute atomic E-state index is 0.391. The molecule has 0 radical (unpaired) electrons. The average Bonchev–Trinajstić information content (AvgIpc) is 3.02. The van der Waals surface area contributed by atoms with Crippen molar-refractivity contribution < 1.29 is 9.84 Å². The van der Waals surface area contributed by atoms with Crippen molar-refractivity contribution >= 4 is 17.3 Å². The third-order valence-corrected chi connectivity index (χ3v) is 4.48. The quantitative estimate of drug-likeness (QED) is 0.532. The molecule has 0 aliphatic carbocycles. The molecule has 1 aromatic carbocycles. The van der Waals surface area contributed by atoms with Gasteiger partial charge in [-0.25, -0.2) is 4.99 Å². The number of benzene rings is 1. The number of hydrogen-bond donors (Lipinski definition) is 3. The van der Waals surface area contributed by atoms with E-state index in [0.717, 1.165) is 17.9 Å². The summed E-state index contributed by atoms with van der Waals surface area (Å²) in [5.74, 6) is 1.48. The van der Waals surface area contributed by atoms with Gasteiger partial charge in [-0.3, -0.25) is 0 Å². The molecule has 6 heteroatoms. The lowest BCUT2D eigenvalue weighted by Gasteiger charge is -2.15. The molecule has 1 atom stereocenters. The minimum atomic E-state index is -0.608. The van der Waals surface area contributed by atoms with Crippen LogP contribution in [0.1, 0.15) is 28.3 Å². The number of aliphatic hydroxyl groups is 1. The molecular weight excluding hydrogens is 322 g/mol. The van der Waals surface area contributed by atoms with Crippen LogP contribution in [0.4, 0.5) is 0 Å². The van der Waals surface area contributed by atoms with E-state index in [4.69, 9.17) is 4.74 Å². The van der Waals surface area contributed by atoms with Crippen LogP contribution in [-0.4, -0.2) is 31.3 Å². The fraction of sp³-hybridized carbons (Fsp3) is 0.389. The van der Waals surface area contributed by atoms with E-state index in [1.165, 1.54) is 9.75 Å². The van der Waals surface area contributed by atoms with Crippen LogP contribution in [0.3, 0.4) is 0 Å². The van der Waals surface area contributed by atoms with Gasteiger partial charge in [0.05, 0.1) is 19.8 Å². The SMILES string of the molecule is CCNC(=NCc1ccc(C)s1)NCC(O)c1ccc(OC)cc1. The first-order valence-electron chi connectivity index (χ1n) is 8.02. The first-order chi connectivity index (χ1) is 11.6. The highest BCUT2D eigenvalue weighted by Crippen LogP contribution is 2.17. The summed E-state index contributed by atoms with van der Waals surface area (Å²) in [5, 5.41) is 16.7. The second-order valence-corrected chi connectivity index (χ2v) is 6.75. The molecule has 3 N–H and O–H groups in total. The molecule has 0 aliphatic heterocycles. The number of methoxy groups -OCH3 is 1. The van der Waals surface area contributed by atoms with Crippen molar-refractivity contribution in [3.05, 3.63) is 51.7 Å². The highest BCUT2D eigenvalue weighted by molar-refractivity contribution is 7.11. The zero-order valence-corrected chi connectivity index (χ0v) is 15.2. The number of guanidine groups is 1. The van der Waals surface area contributed by atoms with Gasteiger partial charge in [0.15, 0.2) is 5.96 Å². The van der Waals surface area contributed by atoms with Gasteiger partial charge in [-0.2, -0.15) is 0 Å². The summed E-state index contributed by atoms with van der Waals surface area (Å²) in [6.45, 7) is 5.90. The molecule has 0 saturated heterocycles. The molecule has 5 nitrogen and oxygen atoms in total. The normalized spacial score (nSPS) is 12.8. The Morgan fingerprint density at radius 3 is 2.54 bits per heavy atom. The summed E-state index contributed by atoms with van der Waals surface area (Å²) in [4.78, 5) is 7.07. The number of hydrogen-bond acceptors (Lipinski definition) is 4. The maximum atomic E-state index is 10.3. The molecule has 24 heavy (non-hydrogen) atoms. The molecule has 1 aromatic heterocycles. The fourth-order valence-corrected chi connectivity index (χ4v) is 3.02. The Kier molecular flexibility index (Phi) is 7.08. The standard InChI is InChI=1S/C18H25N3O2S/c1-4-19-18(20-11-16-10-5-13(2)24-16)21-12-17(22)14-6-8-15(23-3)9-7-14/h5-10,17,22H,4,11-12H2,1-3H3,(H2,19,20,21). The summed E-state index contributed by atoms with van der Waals surface area (Å²) in [6, 6.07) is 11.6. The predicted octanol–water partition coefficient (Wildman–Crippen LogP) is 2.85. The lowest BCUT2D eigenvalue weighted by atomic mass is 10.1. The maximum Gasteiger partial charge on any atom is 0.191 e. The Morgan fingerprint density at radius 2 is 1.96 bits per heavy atom. The first-order valence-corrected chi connectivity index (χ1v) is 8.83. The monoisotopic (exact) mass is 347 g/mol. The van der Waals surface area contributed by atoms with Crippen molar-refractivity contribution in [3.63, 3.8) is 0 Å². The van der Waals surface area contributed by atoms with Crippen molar-refractivity contribution in [3.8, 4) is 5.75 Å². The van der Waals surface area contributed by atoms with Gasteiger partial charge in [0.2, 0.25) is 0 Å². The lowest BCUT2D eigenvalue weighted by Crippen LogP contribution is -2.39. The molecule has 0 bridgehead atoms. The Labute approximate surface area is 147 Å². The largest absolute Gasteiger partial charge is 0.497 e. The Morgan fingerprint density at radius 1 is 1.21 bits per heavy atom. The van der Waals surface area contributed by atoms with Gasteiger partial charge in [-0.05, 0) is 43.7 Å². The van der Waals surface area contributed by atoms with Crippen LogP contribution in [-0.2, 0) is 6.54 Å². The highest BCUT2D eigenvalue weighted by Gasteiger charge is 2.09. The summed E-state index contributed by atoms with van der Waals surface area (Å²) < 4.78 is 5.13. The Balaban J connectivity index is 1.91. The first kappa shape index (κ1) is 18.3. The molecule has 0 fully saturated rings. The Bertz CT molecular complexity index is 653. The molecular formula is C18H25N3O2S. The van der Waals surface area contributed by atoms with E-state index >= 15 is 0 Å². The fourth-order valence-electron chi connectivity index (χ4n) is 2.21. The number of thiophene rings is 1. The second-order valence-electron chi connectivity index (χ2n) is 5.38. The number of nitrogens with one attached hydrogen (secondary N) is 2. The molecule has 130 valence electrons. The van der Waals surface area contributed by atoms with Crippen molar-refractivity contribution in [2.75, 3.05) is 20.2 Å². The number of nitrogens with zero attached hydrogens (tertiary/aromatic N) is 1. The summed E-state index contributed by atoms with van der Waals surface area (Å²) in [6.07, 6.45) is -0.608. The van der Waals surface area contributed by atoms with Gasteiger partial charge in [0.1, 0.15) is 5.75 Å². The van der Waals surface area contributed by atoms with Crippen molar-refractivity contribution in [2.24, 2.45) is 4.99 Å². The smallest absolute Gasteiger partial charge is 0.191 e. The number of ether oxygens (including phenoxy) is 1. The molecule has 0 saturated carbocycles. The van der Waals surface area contributed by atoms with E-state index < -0.39 is 6.10 Å². The zero-order chi connectivity index (χ0) is 17.4. The zero-order valence-electron chi connectivity index (χ0n) is 14.4. The van der Waals surface area contributed by atoms with Crippen LogP contribution in [0.15, 0.2) is 41.4 Å². The third-order valence-electron chi connectivity index (χ3n) is 3.50. The van der Waals surface area contributed by atoms with Crippen molar-refractivity contribution in [1.29, 1.82) is 0 Å². The van der Waals surface area contributed by atoms with Crippen LogP contribution < -0.4 is 15.4 Å². The van der Waals surface area contributed by atoms with Gasteiger partial charge in [-0.15, -0.1) is 11.3 Å². The number of aryl methyl sites for hydroxylation is 1. The van der Waals surface area contributed by atoms with E-state index in [0.29, 0.717) is 19.0 Å².